The third-order valence-corrected chi connectivity index (χ3v) is 9.44. The molecule has 1 aromatic heterocycles. The molecule has 0 amide bonds. The summed E-state index contributed by atoms with van der Waals surface area (Å²) in [7, 11) is 0. The topological polar surface area (TPSA) is 87.8 Å². The molecule has 3 heterocycles. The molecule has 7 nitrogen and oxygen atoms in total. The number of carbonyl (C=O) groups is 1. The molecule has 4 aliphatic rings. The van der Waals surface area contributed by atoms with E-state index >= 15 is 0 Å². The van der Waals surface area contributed by atoms with Crippen LogP contribution in [0.2, 0.25) is 0 Å². The van der Waals surface area contributed by atoms with E-state index in [1.54, 1.807) is 6.92 Å². The third-order valence-electron chi connectivity index (χ3n) is 9.44. The maximum Gasteiger partial charge on any atom is 0.356 e. The fraction of sp³-hybridized carbons (Fsp3) is 0.655. The Morgan fingerprint density at radius 2 is 1.61 bits per heavy atom. The Bertz CT molecular complexity index is 1210. The molecule has 1 aromatic carbocycles. The summed E-state index contributed by atoms with van der Waals surface area (Å²) >= 11 is 0. The zero-order valence-corrected chi connectivity index (χ0v) is 21.3. The number of aliphatic carboxylic acids is 1. The lowest BCUT2D eigenvalue weighted by Crippen LogP contribution is -2.52. The molecule has 7 heteroatoms. The highest BCUT2D eigenvalue weighted by Gasteiger charge is 2.47. The molecule has 4 fully saturated rings. The summed E-state index contributed by atoms with van der Waals surface area (Å²) in [5, 5.41) is 9.79. The molecule has 0 radical (unpaired) electrons. The molecule has 2 saturated heterocycles. The van der Waals surface area contributed by atoms with Crippen molar-refractivity contribution in [1.29, 1.82) is 0 Å². The number of aliphatic imine (C=N–C) groups is 1. The van der Waals surface area contributed by atoms with Gasteiger partial charge in [-0.25, -0.2) is 9.78 Å². The first-order valence-electron chi connectivity index (χ1n) is 14.1. The first-order valence-corrected chi connectivity index (χ1v) is 14.1. The average Bonchev–Trinajstić information content (AvgIpc) is 3.02. The molecule has 2 aliphatic carbocycles. The zero-order valence-electron chi connectivity index (χ0n) is 21.3. The second-order valence-electron chi connectivity index (χ2n) is 11.6. The van der Waals surface area contributed by atoms with Crippen molar-refractivity contribution in [3.8, 4) is 0 Å². The molecule has 0 unspecified atom stereocenters. The number of para-hydroxylation sites is 2. The molecular formula is C29H38N4O3. The van der Waals surface area contributed by atoms with Gasteiger partial charge in [0, 0.05) is 30.7 Å². The average molecular weight is 491 g/mol. The second-order valence-corrected chi connectivity index (χ2v) is 11.6. The highest BCUT2D eigenvalue weighted by molar-refractivity contribution is 6.42. The van der Waals surface area contributed by atoms with Gasteiger partial charge in [0.2, 0.25) is 0 Å². The highest BCUT2D eigenvalue weighted by Crippen LogP contribution is 2.47. The van der Waals surface area contributed by atoms with E-state index in [0.717, 1.165) is 30.2 Å². The van der Waals surface area contributed by atoms with Crippen LogP contribution in [0.15, 0.2) is 34.1 Å². The summed E-state index contributed by atoms with van der Waals surface area (Å²) < 4.78 is 1.87. The summed E-state index contributed by atoms with van der Waals surface area (Å²) in [4.78, 5) is 37.3. The summed E-state index contributed by atoms with van der Waals surface area (Å²) in [5.74, 6) is 0.599. The Hall–Kier alpha value is -2.54. The van der Waals surface area contributed by atoms with Crippen LogP contribution < -0.4 is 5.56 Å². The van der Waals surface area contributed by atoms with Gasteiger partial charge >= 0.3 is 5.97 Å². The Morgan fingerprint density at radius 1 is 0.944 bits per heavy atom. The molecule has 2 saturated carbocycles. The van der Waals surface area contributed by atoms with Crippen LogP contribution in [-0.4, -0.2) is 55.9 Å². The number of carboxylic acid groups (broad SMARTS) is 1. The zero-order chi connectivity index (χ0) is 24.8. The van der Waals surface area contributed by atoms with Crippen molar-refractivity contribution >= 4 is 22.7 Å². The number of rotatable bonds is 5. The van der Waals surface area contributed by atoms with Gasteiger partial charge < -0.3 is 9.67 Å². The van der Waals surface area contributed by atoms with E-state index in [4.69, 9.17) is 0 Å². The van der Waals surface area contributed by atoms with Crippen molar-refractivity contribution < 1.29 is 9.90 Å². The summed E-state index contributed by atoms with van der Waals surface area (Å²) in [6.07, 6.45) is 14.1. The van der Waals surface area contributed by atoms with Crippen LogP contribution in [0.3, 0.4) is 0 Å². The number of hydrogen-bond acceptors (Lipinski definition) is 5. The van der Waals surface area contributed by atoms with E-state index in [9.17, 15) is 14.7 Å². The van der Waals surface area contributed by atoms with Gasteiger partial charge in [-0.05, 0) is 75.8 Å². The number of fused-ring (bicyclic) bond motifs is 5. The molecular weight excluding hydrogens is 452 g/mol. The monoisotopic (exact) mass is 490 g/mol. The minimum atomic E-state index is -1.20. The van der Waals surface area contributed by atoms with Crippen LogP contribution in [-0.2, 0) is 4.79 Å². The van der Waals surface area contributed by atoms with E-state index in [1.165, 1.54) is 57.8 Å². The van der Waals surface area contributed by atoms with Gasteiger partial charge in [-0.2, -0.15) is 0 Å². The second kappa shape index (κ2) is 9.73. The van der Waals surface area contributed by atoms with Crippen molar-refractivity contribution in [2.75, 3.05) is 6.54 Å². The summed E-state index contributed by atoms with van der Waals surface area (Å²) in [6, 6.07) is 9.40. The molecule has 2 aromatic rings. The van der Waals surface area contributed by atoms with Crippen molar-refractivity contribution in [3.63, 3.8) is 0 Å². The molecule has 2 aliphatic heterocycles. The quantitative estimate of drug-likeness (QED) is 0.608. The van der Waals surface area contributed by atoms with Crippen molar-refractivity contribution in [2.45, 2.75) is 102 Å². The van der Waals surface area contributed by atoms with E-state index in [2.05, 4.69) is 14.9 Å². The van der Waals surface area contributed by atoms with Gasteiger partial charge in [-0.3, -0.25) is 14.7 Å². The molecule has 6 rings (SSSR count). The molecule has 1 N–H and O–H groups in total. The van der Waals surface area contributed by atoms with Gasteiger partial charge in [0.15, 0.2) is 11.4 Å². The molecule has 0 spiro atoms. The maximum atomic E-state index is 13.8. The summed E-state index contributed by atoms with van der Waals surface area (Å²) in [5.41, 5.74) is 0.878. The number of aromatic nitrogens is 2. The highest BCUT2D eigenvalue weighted by atomic mass is 16.4. The normalized spacial score (nSPS) is 33.0. The number of piperidine rings is 1. The van der Waals surface area contributed by atoms with Crippen LogP contribution in [0.4, 0.5) is 0 Å². The molecule has 192 valence electrons. The van der Waals surface area contributed by atoms with Crippen LogP contribution in [0.25, 0.3) is 11.0 Å². The van der Waals surface area contributed by atoms with Crippen molar-refractivity contribution in [2.24, 2.45) is 16.8 Å². The van der Waals surface area contributed by atoms with E-state index in [0.29, 0.717) is 30.2 Å². The number of benzene rings is 1. The van der Waals surface area contributed by atoms with Crippen molar-refractivity contribution in [3.05, 3.63) is 40.3 Å². The maximum absolute atomic E-state index is 13.8. The van der Waals surface area contributed by atoms with Crippen LogP contribution in [0.5, 0.6) is 0 Å². The lowest BCUT2D eigenvalue weighted by atomic mass is 9.76. The van der Waals surface area contributed by atoms with Crippen LogP contribution in [0, 0.1) is 11.8 Å². The number of hydrogen-bond donors (Lipinski definition) is 1. The fourth-order valence-electron chi connectivity index (χ4n) is 8.17. The fourth-order valence-corrected chi connectivity index (χ4v) is 8.17. The van der Waals surface area contributed by atoms with Crippen LogP contribution >= 0.6 is 0 Å². The third kappa shape index (κ3) is 4.19. The number of carboxylic acids is 1. The first-order chi connectivity index (χ1) is 17.5. The van der Waals surface area contributed by atoms with Gasteiger partial charge in [0.05, 0.1) is 11.0 Å². The molecule has 36 heavy (non-hydrogen) atoms. The van der Waals surface area contributed by atoms with Crippen LogP contribution in [0.1, 0.15) is 89.3 Å². The van der Waals surface area contributed by atoms with Gasteiger partial charge in [-0.1, -0.05) is 37.8 Å². The minimum absolute atomic E-state index is 0.0332. The minimum Gasteiger partial charge on any atom is -0.476 e. The summed E-state index contributed by atoms with van der Waals surface area (Å²) in [6.45, 7) is 2.07. The Kier molecular flexibility index (Phi) is 6.44. The first kappa shape index (κ1) is 23.8. The van der Waals surface area contributed by atoms with Gasteiger partial charge in [-0.15, -0.1) is 0 Å². The molecule has 6 atom stereocenters. The standard InChI is InChI=1S/C29H38N4O3/c1-2-30-27(29(35)36)26-28(34)33(25-10-6-5-9-24(25)31-26)23-16-20-11-12-21(17-23)32(20)22-14-18-7-3-4-8-19(13-18)15-22/h5-6,9-10,18-23H,2-4,7-8,11-17H2,1H3,(H,35,36)/b30-27-/t18-,19+,20-,21+,22-,23+. The lowest BCUT2D eigenvalue weighted by molar-refractivity contribution is -0.129. The SMILES string of the molecule is CC/N=C(\C(=O)O)c1nc2ccccc2n([C@H]2C[C@H]3CC[C@@H](C2)N3[C@@H]2C[C@@H]3CCCC[C@@H](C3)C2)c1=O. The van der Waals surface area contributed by atoms with E-state index in [1.807, 2.05) is 28.8 Å². The van der Waals surface area contributed by atoms with Crippen molar-refractivity contribution in [1.82, 2.24) is 14.5 Å². The van der Waals surface area contributed by atoms with E-state index < -0.39 is 5.97 Å². The lowest BCUT2D eigenvalue weighted by Gasteiger charge is -2.48. The largest absolute Gasteiger partial charge is 0.476 e. The predicted octanol–water partition coefficient (Wildman–Crippen LogP) is 4.82. The Morgan fingerprint density at radius 3 is 2.25 bits per heavy atom. The Labute approximate surface area is 212 Å². The van der Waals surface area contributed by atoms with Gasteiger partial charge in [0.1, 0.15) is 0 Å². The predicted molar refractivity (Wildman–Crippen MR) is 141 cm³/mol. The Balaban J connectivity index is 1.34. The van der Waals surface area contributed by atoms with E-state index in [-0.39, 0.29) is 23.0 Å². The number of nitrogens with zero attached hydrogens (tertiary/aromatic N) is 4. The van der Waals surface area contributed by atoms with Gasteiger partial charge in [0.25, 0.3) is 5.56 Å². The molecule has 4 bridgehead atoms. The smallest absolute Gasteiger partial charge is 0.356 e.